The molecular weight excluding hydrogens is 354 g/mol. The lowest BCUT2D eigenvalue weighted by Crippen LogP contribution is -3.13. The maximum atomic E-state index is 4.74. The van der Waals surface area contributed by atoms with Crippen molar-refractivity contribution in [2.45, 2.75) is 32.7 Å². The van der Waals surface area contributed by atoms with Crippen LogP contribution >= 0.6 is 11.3 Å². The van der Waals surface area contributed by atoms with Crippen molar-refractivity contribution in [3.8, 4) is 0 Å². The van der Waals surface area contributed by atoms with Crippen molar-refractivity contribution in [1.82, 2.24) is 15.0 Å². The van der Waals surface area contributed by atoms with Crippen molar-refractivity contribution in [3.63, 3.8) is 0 Å². The SMILES string of the molecule is C[C@H]1CCc2c(sc3ncnc(N4CC[NH+](Cc5ccncc5)CC4)c23)C1. The highest BCUT2D eigenvalue weighted by Gasteiger charge is 2.27. The predicted octanol–water partition coefficient (Wildman–Crippen LogP) is 2.12. The molecule has 140 valence electrons. The van der Waals surface area contributed by atoms with Gasteiger partial charge in [-0.25, -0.2) is 9.97 Å². The Labute approximate surface area is 164 Å². The van der Waals surface area contributed by atoms with E-state index in [0.29, 0.717) is 0 Å². The lowest BCUT2D eigenvalue weighted by Gasteiger charge is -2.33. The number of hydrogen-bond acceptors (Lipinski definition) is 5. The minimum absolute atomic E-state index is 0.794. The van der Waals surface area contributed by atoms with Crippen molar-refractivity contribution in [2.75, 3.05) is 31.1 Å². The van der Waals surface area contributed by atoms with Gasteiger partial charge in [0, 0.05) is 22.8 Å². The van der Waals surface area contributed by atoms with Gasteiger partial charge in [0.2, 0.25) is 0 Å². The van der Waals surface area contributed by atoms with E-state index in [1.807, 2.05) is 23.7 Å². The number of piperazine rings is 1. The molecule has 5 nitrogen and oxygen atoms in total. The number of aryl methyl sites for hydroxylation is 1. The van der Waals surface area contributed by atoms with Crippen LogP contribution in [0.5, 0.6) is 0 Å². The largest absolute Gasteiger partial charge is 0.345 e. The normalized spacial score (nSPS) is 20.8. The van der Waals surface area contributed by atoms with Gasteiger partial charge in [0.15, 0.2) is 0 Å². The summed E-state index contributed by atoms with van der Waals surface area (Å²) in [7, 11) is 0. The zero-order chi connectivity index (χ0) is 18.2. The lowest BCUT2D eigenvalue weighted by molar-refractivity contribution is -0.914. The number of quaternary nitrogens is 1. The maximum absolute atomic E-state index is 4.74. The number of nitrogens with one attached hydrogen (secondary N) is 1. The zero-order valence-corrected chi connectivity index (χ0v) is 16.6. The van der Waals surface area contributed by atoms with Gasteiger partial charge in [-0.15, -0.1) is 11.3 Å². The molecule has 0 aromatic carbocycles. The third kappa shape index (κ3) is 3.32. The molecule has 1 N–H and O–H groups in total. The van der Waals surface area contributed by atoms with E-state index >= 15 is 0 Å². The first-order chi connectivity index (χ1) is 13.3. The highest BCUT2D eigenvalue weighted by Crippen LogP contribution is 2.40. The molecule has 1 fully saturated rings. The van der Waals surface area contributed by atoms with Crippen LogP contribution in [0, 0.1) is 5.92 Å². The number of rotatable bonds is 3. The van der Waals surface area contributed by atoms with Crippen LogP contribution in [0.1, 0.15) is 29.3 Å². The summed E-state index contributed by atoms with van der Waals surface area (Å²) in [6.07, 6.45) is 9.23. The monoisotopic (exact) mass is 380 g/mol. The molecule has 6 heteroatoms. The van der Waals surface area contributed by atoms with Gasteiger partial charge in [0.1, 0.15) is 23.5 Å². The summed E-state index contributed by atoms with van der Waals surface area (Å²) in [5, 5.41) is 1.35. The highest BCUT2D eigenvalue weighted by atomic mass is 32.1. The van der Waals surface area contributed by atoms with Gasteiger partial charge < -0.3 is 9.80 Å². The van der Waals surface area contributed by atoms with Crippen LogP contribution in [0.2, 0.25) is 0 Å². The Morgan fingerprint density at radius 2 is 2.00 bits per heavy atom. The molecule has 1 atom stereocenters. The van der Waals surface area contributed by atoms with E-state index in [9.17, 15) is 0 Å². The Morgan fingerprint density at radius 3 is 2.81 bits per heavy atom. The van der Waals surface area contributed by atoms with E-state index in [0.717, 1.165) is 38.6 Å². The number of fused-ring (bicyclic) bond motifs is 3. The van der Waals surface area contributed by atoms with E-state index in [2.05, 4.69) is 33.9 Å². The minimum Gasteiger partial charge on any atom is -0.345 e. The standard InChI is InChI=1S/C21H25N5S/c1-15-2-3-17-18(12-15)27-21-19(17)20(23-14-24-21)26-10-8-25(9-11-26)13-16-4-6-22-7-5-16/h4-7,14-15H,2-3,8-13H2,1H3/p+1/t15-/m0/s1. The fraction of sp³-hybridized carbons (Fsp3) is 0.476. The van der Waals surface area contributed by atoms with Crippen molar-refractivity contribution in [2.24, 2.45) is 5.92 Å². The van der Waals surface area contributed by atoms with Crippen LogP contribution in [-0.4, -0.2) is 41.1 Å². The molecule has 0 saturated carbocycles. The van der Waals surface area contributed by atoms with Gasteiger partial charge in [-0.3, -0.25) is 4.98 Å². The smallest absolute Gasteiger partial charge is 0.141 e. The summed E-state index contributed by atoms with van der Waals surface area (Å²) in [6.45, 7) is 7.88. The Hall–Kier alpha value is -2.05. The van der Waals surface area contributed by atoms with Crippen LogP contribution in [0.3, 0.4) is 0 Å². The third-order valence-corrected chi connectivity index (χ3v) is 7.21. The number of anilines is 1. The number of aromatic nitrogens is 3. The first-order valence-corrected chi connectivity index (χ1v) is 10.8. The Morgan fingerprint density at radius 1 is 1.19 bits per heavy atom. The van der Waals surface area contributed by atoms with E-state index < -0.39 is 0 Å². The highest BCUT2D eigenvalue weighted by molar-refractivity contribution is 7.19. The average Bonchev–Trinajstić information content (AvgIpc) is 3.07. The van der Waals surface area contributed by atoms with Crippen LogP contribution in [0.25, 0.3) is 10.2 Å². The van der Waals surface area contributed by atoms with Crippen LogP contribution in [0.4, 0.5) is 5.82 Å². The average molecular weight is 381 g/mol. The van der Waals surface area contributed by atoms with Gasteiger partial charge in [-0.1, -0.05) is 6.92 Å². The Kier molecular flexibility index (Phi) is 4.53. The molecule has 0 amide bonds. The second kappa shape index (κ2) is 7.17. The van der Waals surface area contributed by atoms with Crippen LogP contribution in [-0.2, 0) is 19.4 Å². The second-order valence-electron chi connectivity index (χ2n) is 8.00. The summed E-state index contributed by atoms with van der Waals surface area (Å²) in [5.74, 6) is 1.97. The molecule has 1 saturated heterocycles. The zero-order valence-electron chi connectivity index (χ0n) is 15.8. The number of thiophene rings is 1. The van der Waals surface area contributed by atoms with E-state index in [4.69, 9.17) is 4.98 Å². The molecule has 3 aromatic rings. The Bertz CT molecular complexity index is 930. The second-order valence-corrected chi connectivity index (χ2v) is 9.08. The molecule has 4 heterocycles. The molecule has 0 spiro atoms. The van der Waals surface area contributed by atoms with Gasteiger partial charge in [-0.05, 0) is 42.9 Å². The molecule has 1 aliphatic carbocycles. The first kappa shape index (κ1) is 17.1. The topological polar surface area (TPSA) is 46.4 Å². The van der Waals surface area contributed by atoms with Gasteiger partial charge in [0.05, 0.1) is 31.6 Å². The molecule has 0 bridgehead atoms. The lowest BCUT2D eigenvalue weighted by atomic mass is 9.89. The van der Waals surface area contributed by atoms with Crippen LogP contribution in [0.15, 0.2) is 30.9 Å². The number of pyridine rings is 1. The van der Waals surface area contributed by atoms with E-state index in [-0.39, 0.29) is 0 Å². The predicted molar refractivity (Wildman–Crippen MR) is 109 cm³/mol. The summed E-state index contributed by atoms with van der Waals surface area (Å²) >= 11 is 1.90. The summed E-state index contributed by atoms with van der Waals surface area (Å²) in [4.78, 5) is 20.3. The van der Waals surface area contributed by atoms with E-state index in [1.54, 1.807) is 16.1 Å². The molecule has 3 aromatic heterocycles. The van der Waals surface area contributed by atoms with Crippen molar-refractivity contribution in [1.29, 1.82) is 0 Å². The molecule has 5 rings (SSSR count). The third-order valence-electron chi connectivity index (χ3n) is 6.05. The fourth-order valence-corrected chi connectivity index (χ4v) is 5.84. The molecule has 1 aliphatic heterocycles. The van der Waals surface area contributed by atoms with Gasteiger partial charge >= 0.3 is 0 Å². The molecular formula is C21H26N5S+. The van der Waals surface area contributed by atoms with Crippen molar-refractivity contribution in [3.05, 3.63) is 46.9 Å². The van der Waals surface area contributed by atoms with Crippen molar-refractivity contribution >= 4 is 27.4 Å². The minimum atomic E-state index is 0.794. The molecule has 0 unspecified atom stereocenters. The molecule has 27 heavy (non-hydrogen) atoms. The Balaban J connectivity index is 1.36. The summed E-state index contributed by atoms with van der Waals surface area (Å²) in [6, 6.07) is 4.26. The summed E-state index contributed by atoms with van der Waals surface area (Å²) < 4.78 is 0. The first-order valence-electron chi connectivity index (χ1n) is 10.0. The van der Waals surface area contributed by atoms with Crippen molar-refractivity contribution < 1.29 is 4.90 Å². The summed E-state index contributed by atoms with van der Waals surface area (Å²) in [5.41, 5.74) is 2.91. The van der Waals surface area contributed by atoms with Gasteiger partial charge in [-0.2, -0.15) is 0 Å². The molecule has 0 radical (unpaired) electrons. The quantitative estimate of drug-likeness (QED) is 0.756. The van der Waals surface area contributed by atoms with Gasteiger partial charge in [0.25, 0.3) is 0 Å². The number of nitrogens with zero attached hydrogens (tertiary/aromatic N) is 4. The maximum Gasteiger partial charge on any atom is 0.141 e. The number of hydrogen-bond donors (Lipinski definition) is 1. The van der Waals surface area contributed by atoms with E-state index in [1.165, 1.54) is 46.4 Å². The fourth-order valence-electron chi connectivity index (χ4n) is 4.50. The van der Waals surface area contributed by atoms with Crippen LogP contribution < -0.4 is 9.80 Å². The molecule has 2 aliphatic rings.